The summed E-state index contributed by atoms with van der Waals surface area (Å²) in [5.41, 5.74) is 0. The highest BCUT2D eigenvalue weighted by Crippen LogP contribution is 2.17. The number of nitrogens with zero attached hydrogens (tertiary/aromatic N) is 1. The lowest BCUT2D eigenvalue weighted by Crippen LogP contribution is -2.36. The molecule has 1 atom stereocenters. The van der Waals surface area contributed by atoms with Gasteiger partial charge in [-0.05, 0) is 31.9 Å². The van der Waals surface area contributed by atoms with Gasteiger partial charge >= 0.3 is 0 Å². The molecular weight excluding hydrogens is 294 g/mol. The minimum Gasteiger partial charge on any atom is -0.487 e. The van der Waals surface area contributed by atoms with Gasteiger partial charge in [-0.1, -0.05) is 12.8 Å². The molecule has 0 aromatic carbocycles. The molecule has 126 valence electrons. The van der Waals surface area contributed by atoms with Crippen LogP contribution < -0.4 is 15.4 Å². The minimum atomic E-state index is -0.157. The Hall–Kier alpha value is -2.11. The van der Waals surface area contributed by atoms with E-state index in [-0.39, 0.29) is 30.8 Å². The van der Waals surface area contributed by atoms with Gasteiger partial charge in [0.15, 0.2) is 0 Å². The van der Waals surface area contributed by atoms with Crippen LogP contribution >= 0.6 is 0 Å². The molecule has 6 heteroatoms. The summed E-state index contributed by atoms with van der Waals surface area (Å²) >= 11 is 0. The molecule has 1 saturated carbocycles. The second-order valence-corrected chi connectivity index (χ2v) is 5.97. The number of ether oxygens (including phenoxy) is 1. The monoisotopic (exact) mass is 319 g/mol. The van der Waals surface area contributed by atoms with Crippen molar-refractivity contribution in [1.29, 1.82) is 0 Å². The van der Waals surface area contributed by atoms with E-state index in [4.69, 9.17) is 4.74 Å². The molecule has 2 amide bonds. The molecule has 1 aliphatic rings. The predicted molar refractivity (Wildman–Crippen MR) is 87.0 cm³/mol. The Bertz CT molecular complexity index is 501. The molecule has 6 nitrogen and oxygen atoms in total. The van der Waals surface area contributed by atoms with E-state index in [0.717, 1.165) is 12.8 Å². The average molecular weight is 319 g/mol. The van der Waals surface area contributed by atoms with Gasteiger partial charge in [-0.3, -0.25) is 14.6 Å². The molecule has 0 saturated heterocycles. The number of aromatic nitrogens is 1. The molecule has 0 spiro atoms. The van der Waals surface area contributed by atoms with Crippen molar-refractivity contribution in [3.8, 4) is 5.75 Å². The summed E-state index contributed by atoms with van der Waals surface area (Å²) in [7, 11) is 0. The molecule has 23 heavy (non-hydrogen) atoms. The van der Waals surface area contributed by atoms with Crippen LogP contribution in [-0.2, 0) is 9.59 Å². The van der Waals surface area contributed by atoms with Gasteiger partial charge in [0.05, 0.1) is 12.7 Å². The number of amides is 2. The summed E-state index contributed by atoms with van der Waals surface area (Å²) in [6.45, 7) is 2.28. The average Bonchev–Trinajstić information content (AvgIpc) is 3.05. The molecule has 1 aliphatic carbocycles. The van der Waals surface area contributed by atoms with Gasteiger partial charge in [-0.2, -0.15) is 0 Å². The Balaban J connectivity index is 1.58. The van der Waals surface area contributed by atoms with Crippen molar-refractivity contribution in [2.24, 2.45) is 0 Å². The molecule has 1 heterocycles. The van der Waals surface area contributed by atoms with Crippen LogP contribution in [0.3, 0.4) is 0 Å². The van der Waals surface area contributed by atoms with Crippen molar-refractivity contribution in [2.45, 2.75) is 57.6 Å². The summed E-state index contributed by atoms with van der Waals surface area (Å²) in [6, 6.07) is 3.92. The van der Waals surface area contributed by atoms with E-state index in [2.05, 4.69) is 15.6 Å². The van der Waals surface area contributed by atoms with Gasteiger partial charge in [0.2, 0.25) is 11.8 Å². The van der Waals surface area contributed by atoms with Crippen molar-refractivity contribution >= 4 is 11.8 Å². The molecule has 1 aromatic heterocycles. The van der Waals surface area contributed by atoms with Gasteiger partial charge in [-0.25, -0.2) is 0 Å². The zero-order chi connectivity index (χ0) is 16.5. The SMILES string of the molecule is CC(CNC(=O)CCC(=O)NC1CCCC1)Oc1cccnc1. The lowest BCUT2D eigenvalue weighted by molar-refractivity contribution is -0.126. The topological polar surface area (TPSA) is 80.3 Å². The Morgan fingerprint density at radius 3 is 2.74 bits per heavy atom. The van der Waals surface area contributed by atoms with Crippen LogP contribution in [0.15, 0.2) is 24.5 Å². The zero-order valence-corrected chi connectivity index (χ0v) is 13.6. The quantitative estimate of drug-likeness (QED) is 0.766. The first kappa shape index (κ1) is 17.2. The van der Waals surface area contributed by atoms with Crippen molar-refractivity contribution in [2.75, 3.05) is 6.54 Å². The van der Waals surface area contributed by atoms with Crippen molar-refractivity contribution < 1.29 is 14.3 Å². The van der Waals surface area contributed by atoms with E-state index in [9.17, 15) is 9.59 Å². The lowest BCUT2D eigenvalue weighted by atomic mass is 10.2. The zero-order valence-electron chi connectivity index (χ0n) is 13.6. The fraction of sp³-hybridized carbons (Fsp3) is 0.588. The lowest BCUT2D eigenvalue weighted by Gasteiger charge is -2.15. The maximum Gasteiger partial charge on any atom is 0.220 e. The molecule has 0 aliphatic heterocycles. The fourth-order valence-corrected chi connectivity index (χ4v) is 2.63. The molecule has 2 rings (SSSR count). The van der Waals surface area contributed by atoms with Gasteiger partial charge in [0, 0.05) is 25.1 Å². The highest BCUT2D eigenvalue weighted by molar-refractivity contribution is 5.83. The first-order valence-electron chi connectivity index (χ1n) is 8.26. The fourth-order valence-electron chi connectivity index (χ4n) is 2.63. The molecular formula is C17H25N3O3. The highest BCUT2D eigenvalue weighted by Gasteiger charge is 2.17. The minimum absolute atomic E-state index is 0.0355. The van der Waals surface area contributed by atoms with Crippen LogP contribution in [0.4, 0.5) is 0 Å². The second kappa shape index (κ2) is 9.12. The van der Waals surface area contributed by atoms with Crippen LogP contribution in [0.1, 0.15) is 45.4 Å². The standard InChI is InChI=1S/C17H25N3O3/c1-13(23-15-7-4-10-18-12-15)11-19-16(21)8-9-17(22)20-14-5-2-3-6-14/h4,7,10,12-14H,2-3,5-6,8-9,11H2,1H3,(H,19,21)(H,20,22). The maximum absolute atomic E-state index is 11.8. The number of pyridine rings is 1. The van der Waals surface area contributed by atoms with Crippen LogP contribution in [0.5, 0.6) is 5.75 Å². The highest BCUT2D eigenvalue weighted by atomic mass is 16.5. The summed E-state index contributed by atoms with van der Waals surface area (Å²) in [4.78, 5) is 27.5. The summed E-state index contributed by atoms with van der Waals surface area (Å²) in [6.07, 6.45) is 8.07. The largest absolute Gasteiger partial charge is 0.487 e. The molecule has 1 aromatic rings. The summed E-state index contributed by atoms with van der Waals surface area (Å²) < 4.78 is 5.62. The molecule has 0 bridgehead atoms. The predicted octanol–water partition coefficient (Wildman–Crippen LogP) is 1.80. The number of rotatable bonds is 8. The Morgan fingerprint density at radius 1 is 1.30 bits per heavy atom. The van der Waals surface area contributed by atoms with E-state index < -0.39 is 0 Å². The van der Waals surface area contributed by atoms with E-state index in [1.54, 1.807) is 18.5 Å². The van der Waals surface area contributed by atoms with Crippen molar-refractivity contribution in [3.63, 3.8) is 0 Å². The third-order valence-corrected chi connectivity index (χ3v) is 3.86. The molecule has 2 N–H and O–H groups in total. The number of hydrogen-bond acceptors (Lipinski definition) is 4. The van der Waals surface area contributed by atoms with E-state index in [1.165, 1.54) is 12.8 Å². The van der Waals surface area contributed by atoms with E-state index in [1.807, 2.05) is 13.0 Å². The van der Waals surface area contributed by atoms with E-state index >= 15 is 0 Å². The van der Waals surface area contributed by atoms with E-state index in [0.29, 0.717) is 18.3 Å². The molecule has 1 fully saturated rings. The van der Waals surface area contributed by atoms with Gasteiger partial charge in [-0.15, -0.1) is 0 Å². The number of nitrogens with one attached hydrogen (secondary N) is 2. The Labute approximate surface area is 137 Å². The van der Waals surface area contributed by atoms with Crippen LogP contribution in [0.2, 0.25) is 0 Å². The third-order valence-electron chi connectivity index (χ3n) is 3.86. The number of carbonyl (C=O) groups excluding carboxylic acids is 2. The van der Waals surface area contributed by atoms with Crippen molar-refractivity contribution in [1.82, 2.24) is 15.6 Å². The number of hydrogen-bond donors (Lipinski definition) is 2. The first-order valence-corrected chi connectivity index (χ1v) is 8.26. The Morgan fingerprint density at radius 2 is 2.04 bits per heavy atom. The van der Waals surface area contributed by atoms with Gasteiger partial charge in [0.1, 0.15) is 11.9 Å². The number of carbonyl (C=O) groups is 2. The van der Waals surface area contributed by atoms with Crippen LogP contribution in [0.25, 0.3) is 0 Å². The summed E-state index contributed by atoms with van der Waals surface area (Å²) in [5.74, 6) is 0.505. The maximum atomic E-state index is 11.8. The smallest absolute Gasteiger partial charge is 0.220 e. The first-order chi connectivity index (χ1) is 11.1. The van der Waals surface area contributed by atoms with Gasteiger partial charge in [0.25, 0.3) is 0 Å². The second-order valence-electron chi connectivity index (χ2n) is 5.97. The van der Waals surface area contributed by atoms with Crippen molar-refractivity contribution in [3.05, 3.63) is 24.5 Å². The Kier molecular flexibility index (Phi) is 6.84. The van der Waals surface area contributed by atoms with Gasteiger partial charge < -0.3 is 15.4 Å². The third kappa shape index (κ3) is 6.67. The van der Waals surface area contributed by atoms with Crippen LogP contribution in [-0.4, -0.2) is 35.5 Å². The normalized spacial score (nSPS) is 15.9. The summed E-state index contributed by atoms with van der Waals surface area (Å²) in [5, 5.41) is 5.77. The molecule has 0 radical (unpaired) electrons. The van der Waals surface area contributed by atoms with Crippen LogP contribution in [0, 0.1) is 0 Å². The molecule has 1 unspecified atom stereocenters.